The molecule has 4 rings (SSSR count). The molecule has 0 aliphatic carbocycles. The van der Waals surface area contributed by atoms with Crippen LogP contribution in [0.5, 0.6) is 0 Å². The molecule has 166 valence electrons. The fourth-order valence-corrected chi connectivity index (χ4v) is 3.59. The minimum absolute atomic E-state index is 0.129. The van der Waals surface area contributed by atoms with Crippen molar-refractivity contribution in [1.82, 2.24) is 19.7 Å². The standard InChI is InChI=1S/C22H20ClFN4O4/c23-15-6-8-17(9-7-15)28-22(31)27(13-14-3-1-4-16(24)11-14)21(30)19(26-28)20(29)25-12-18-5-2-10-32-18/h1,3-4,6-9,11,18H,2,5,10,12-13H2,(H,25,29)/t18-/m1/s1. The molecule has 2 heterocycles. The van der Waals surface area contributed by atoms with Gasteiger partial charge in [0.05, 0.1) is 18.3 Å². The van der Waals surface area contributed by atoms with Gasteiger partial charge in [-0.1, -0.05) is 23.7 Å². The first-order chi connectivity index (χ1) is 15.4. The number of carbonyl (C=O) groups excluding carboxylic acids is 1. The fraction of sp³-hybridized carbons (Fsp3) is 0.273. The lowest BCUT2D eigenvalue weighted by molar-refractivity contribution is 0.0849. The van der Waals surface area contributed by atoms with Crippen molar-refractivity contribution in [2.75, 3.05) is 13.2 Å². The molecule has 1 fully saturated rings. The summed E-state index contributed by atoms with van der Waals surface area (Å²) in [6, 6.07) is 11.7. The Labute approximate surface area is 187 Å². The molecule has 2 aromatic carbocycles. The average molecular weight is 459 g/mol. The first-order valence-corrected chi connectivity index (χ1v) is 10.4. The largest absolute Gasteiger partial charge is 0.376 e. The van der Waals surface area contributed by atoms with E-state index in [0.29, 0.717) is 22.9 Å². The fourth-order valence-electron chi connectivity index (χ4n) is 3.46. The van der Waals surface area contributed by atoms with E-state index < -0.39 is 28.7 Å². The maximum Gasteiger partial charge on any atom is 0.352 e. The van der Waals surface area contributed by atoms with E-state index in [1.54, 1.807) is 30.3 Å². The Kier molecular flexibility index (Phi) is 6.48. The van der Waals surface area contributed by atoms with Crippen molar-refractivity contribution in [3.05, 3.63) is 91.5 Å². The zero-order chi connectivity index (χ0) is 22.7. The van der Waals surface area contributed by atoms with Crippen molar-refractivity contribution < 1.29 is 13.9 Å². The van der Waals surface area contributed by atoms with E-state index in [1.165, 1.54) is 18.2 Å². The quantitative estimate of drug-likeness (QED) is 0.610. The van der Waals surface area contributed by atoms with Gasteiger partial charge in [-0.15, -0.1) is 0 Å². The Hall–Kier alpha value is -3.30. The smallest absolute Gasteiger partial charge is 0.352 e. The average Bonchev–Trinajstić information content (AvgIpc) is 3.30. The van der Waals surface area contributed by atoms with Gasteiger partial charge < -0.3 is 10.1 Å². The maximum absolute atomic E-state index is 13.6. The van der Waals surface area contributed by atoms with Crippen molar-refractivity contribution in [3.63, 3.8) is 0 Å². The van der Waals surface area contributed by atoms with Gasteiger partial charge in [0.25, 0.3) is 11.5 Å². The van der Waals surface area contributed by atoms with Crippen molar-refractivity contribution >= 4 is 17.5 Å². The van der Waals surface area contributed by atoms with Gasteiger partial charge in [0.1, 0.15) is 5.82 Å². The number of benzene rings is 2. The molecule has 1 amide bonds. The third-order valence-corrected chi connectivity index (χ3v) is 5.34. The normalized spacial score (nSPS) is 15.6. The molecule has 1 aromatic heterocycles. The summed E-state index contributed by atoms with van der Waals surface area (Å²) in [7, 11) is 0. The number of carbonyl (C=O) groups is 1. The summed E-state index contributed by atoms with van der Waals surface area (Å²) in [6.07, 6.45) is 1.58. The van der Waals surface area contributed by atoms with Crippen molar-refractivity contribution in [3.8, 4) is 5.69 Å². The van der Waals surface area contributed by atoms with Crippen LogP contribution in [0.15, 0.2) is 58.1 Å². The van der Waals surface area contributed by atoms with E-state index >= 15 is 0 Å². The molecule has 8 nitrogen and oxygen atoms in total. The number of ether oxygens (including phenoxy) is 1. The molecule has 0 saturated carbocycles. The molecular weight excluding hydrogens is 439 g/mol. The van der Waals surface area contributed by atoms with Gasteiger partial charge in [-0.05, 0) is 54.8 Å². The van der Waals surface area contributed by atoms with E-state index in [1.807, 2.05) is 0 Å². The Balaban J connectivity index is 1.76. The topological polar surface area (TPSA) is 95.2 Å². The third-order valence-electron chi connectivity index (χ3n) is 5.09. The van der Waals surface area contributed by atoms with Gasteiger partial charge >= 0.3 is 5.69 Å². The number of halogens is 2. The molecule has 0 radical (unpaired) electrons. The molecule has 32 heavy (non-hydrogen) atoms. The molecule has 0 unspecified atom stereocenters. The number of amides is 1. The minimum atomic E-state index is -0.866. The predicted octanol–water partition coefficient (Wildman–Crippen LogP) is 2.14. The van der Waals surface area contributed by atoms with E-state index in [0.717, 1.165) is 22.1 Å². The molecule has 10 heteroatoms. The summed E-state index contributed by atoms with van der Waals surface area (Å²) < 4.78 is 20.9. The molecule has 1 aliphatic rings. The van der Waals surface area contributed by atoms with Crippen molar-refractivity contribution in [2.45, 2.75) is 25.5 Å². The van der Waals surface area contributed by atoms with Gasteiger partial charge in [0, 0.05) is 18.2 Å². The van der Waals surface area contributed by atoms with Crippen LogP contribution in [0.4, 0.5) is 4.39 Å². The highest BCUT2D eigenvalue weighted by Gasteiger charge is 2.22. The van der Waals surface area contributed by atoms with E-state index in [2.05, 4.69) is 10.4 Å². The van der Waals surface area contributed by atoms with Crippen LogP contribution >= 0.6 is 11.6 Å². The Bertz CT molecular complexity index is 1250. The lowest BCUT2D eigenvalue weighted by Crippen LogP contribution is -2.46. The maximum atomic E-state index is 13.6. The number of nitrogens with one attached hydrogen (secondary N) is 1. The highest BCUT2D eigenvalue weighted by atomic mass is 35.5. The van der Waals surface area contributed by atoms with Crippen LogP contribution in [0.1, 0.15) is 28.9 Å². The number of hydrogen-bond acceptors (Lipinski definition) is 5. The summed E-state index contributed by atoms with van der Waals surface area (Å²) in [6.45, 7) is 0.627. The summed E-state index contributed by atoms with van der Waals surface area (Å²) in [5.74, 6) is -1.22. The number of rotatable bonds is 6. The Morgan fingerprint density at radius 1 is 1.22 bits per heavy atom. The second-order valence-electron chi connectivity index (χ2n) is 7.39. The molecule has 1 saturated heterocycles. The lowest BCUT2D eigenvalue weighted by Gasteiger charge is -2.14. The molecule has 0 spiro atoms. The van der Waals surface area contributed by atoms with Crippen LogP contribution in [0, 0.1) is 5.82 Å². The second-order valence-corrected chi connectivity index (χ2v) is 7.82. The molecule has 1 atom stereocenters. The van der Waals surface area contributed by atoms with Crippen LogP contribution in [-0.2, 0) is 11.3 Å². The first kappa shape index (κ1) is 21.9. The SMILES string of the molecule is O=C(NC[C@H]1CCCO1)c1nn(-c2ccc(Cl)cc2)c(=O)n(Cc2cccc(F)c2)c1=O. The Morgan fingerprint density at radius 2 is 2.00 bits per heavy atom. The number of aromatic nitrogens is 3. The van der Waals surface area contributed by atoms with Crippen molar-refractivity contribution in [1.29, 1.82) is 0 Å². The van der Waals surface area contributed by atoms with E-state index in [-0.39, 0.29) is 19.2 Å². The van der Waals surface area contributed by atoms with Gasteiger partial charge in [-0.25, -0.2) is 9.18 Å². The first-order valence-electron chi connectivity index (χ1n) is 10.1. The third kappa shape index (κ3) is 4.79. The highest BCUT2D eigenvalue weighted by molar-refractivity contribution is 6.30. The minimum Gasteiger partial charge on any atom is -0.376 e. The van der Waals surface area contributed by atoms with E-state index in [4.69, 9.17) is 16.3 Å². The van der Waals surface area contributed by atoms with Gasteiger partial charge in [-0.3, -0.25) is 14.2 Å². The summed E-state index contributed by atoms with van der Waals surface area (Å²) in [5, 5.41) is 7.14. The highest BCUT2D eigenvalue weighted by Crippen LogP contribution is 2.12. The van der Waals surface area contributed by atoms with Crippen LogP contribution in [0.3, 0.4) is 0 Å². The van der Waals surface area contributed by atoms with Crippen molar-refractivity contribution in [2.24, 2.45) is 0 Å². The molecule has 3 aromatic rings. The van der Waals surface area contributed by atoms with Gasteiger partial charge in [0.15, 0.2) is 0 Å². The molecular formula is C22H20ClFN4O4. The number of hydrogen-bond donors (Lipinski definition) is 1. The van der Waals surface area contributed by atoms with Crippen LogP contribution < -0.4 is 16.6 Å². The molecule has 0 bridgehead atoms. The summed E-state index contributed by atoms with van der Waals surface area (Å²) in [4.78, 5) is 38.9. The number of nitrogens with zero attached hydrogens (tertiary/aromatic N) is 3. The zero-order valence-corrected chi connectivity index (χ0v) is 17.7. The summed E-state index contributed by atoms with van der Waals surface area (Å²) in [5.41, 5.74) is -1.37. The van der Waals surface area contributed by atoms with Crippen LogP contribution in [-0.4, -0.2) is 39.5 Å². The Morgan fingerprint density at radius 3 is 2.69 bits per heavy atom. The van der Waals surface area contributed by atoms with Gasteiger partial charge in [0.2, 0.25) is 5.69 Å². The lowest BCUT2D eigenvalue weighted by atomic mass is 10.2. The second kappa shape index (κ2) is 9.46. The molecule has 1 N–H and O–H groups in total. The zero-order valence-electron chi connectivity index (χ0n) is 17.0. The summed E-state index contributed by atoms with van der Waals surface area (Å²) >= 11 is 5.93. The van der Waals surface area contributed by atoms with Crippen LogP contribution in [0.2, 0.25) is 5.02 Å². The van der Waals surface area contributed by atoms with E-state index in [9.17, 15) is 18.8 Å². The van der Waals surface area contributed by atoms with Gasteiger partial charge in [-0.2, -0.15) is 9.78 Å². The monoisotopic (exact) mass is 458 g/mol. The van der Waals surface area contributed by atoms with Crippen LogP contribution in [0.25, 0.3) is 5.69 Å². The predicted molar refractivity (Wildman–Crippen MR) is 116 cm³/mol. The molecule has 1 aliphatic heterocycles.